The molecule has 74 valence electrons. The lowest BCUT2D eigenvalue weighted by molar-refractivity contribution is -0.318. The Labute approximate surface area is 76.3 Å². The van der Waals surface area contributed by atoms with Gasteiger partial charge in [0.2, 0.25) is 0 Å². The molecule has 0 amide bonds. The molecule has 4 aliphatic rings. The average Bonchev–Trinajstić information content (AvgIpc) is 2.02. The molecule has 0 saturated carbocycles. The lowest BCUT2D eigenvalue weighted by Crippen LogP contribution is -2.75. The molecule has 0 radical (unpaired) electrons. The summed E-state index contributed by atoms with van der Waals surface area (Å²) in [7, 11) is -3.68. The van der Waals surface area contributed by atoms with Crippen molar-refractivity contribution in [1.29, 1.82) is 0 Å². The SMILES string of the molecule is O=S1(=O)OC2(CN3CCN2CC3)O1. The average molecular weight is 206 g/mol. The third-order valence-electron chi connectivity index (χ3n) is 2.74. The van der Waals surface area contributed by atoms with E-state index in [0.29, 0.717) is 6.54 Å². The fraction of sp³-hybridized carbons (Fsp3) is 1.00. The Kier molecular flexibility index (Phi) is 1.40. The Balaban J connectivity index is 1.87. The largest absolute Gasteiger partial charge is 0.407 e. The molecular formula is C6H10N2O4S. The highest BCUT2D eigenvalue weighted by molar-refractivity contribution is 7.82. The van der Waals surface area contributed by atoms with Gasteiger partial charge in [-0.1, -0.05) is 0 Å². The van der Waals surface area contributed by atoms with Crippen LogP contribution < -0.4 is 0 Å². The Morgan fingerprint density at radius 1 is 1.08 bits per heavy atom. The minimum Gasteiger partial charge on any atom is -0.294 e. The topological polar surface area (TPSA) is 59.1 Å². The van der Waals surface area contributed by atoms with E-state index >= 15 is 0 Å². The number of fused-ring (bicyclic) bond motifs is 2. The van der Waals surface area contributed by atoms with Crippen molar-refractivity contribution in [3.05, 3.63) is 0 Å². The quantitative estimate of drug-likeness (QED) is 0.484. The van der Waals surface area contributed by atoms with Crippen LogP contribution in [0.2, 0.25) is 0 Å². The van der Waals surface area contributed by atoms with Gasteiger partial charge in [0.25, 0.3) is 5.91 Å². The van der Waals surface area contributed by atoms with Gasteiger partial charge in [-0.05, 0) is 0 Å². The second-order valence-corrected chi connectivity index (χ2v) is 4.70. The van der Waals surface area contributed by atoms with Crippen LogP contribution in [0.5, 0.6) is 0 Å². The van der Waals surface area contributed by atoms with Gasteiger partial charge in [-0.15, -0.1) is 0 Å². The molecule has 0 atom stereocenters. The molecule has 0 aromatic rings. The van der Waals surface area contributed by atoms with E-state index in [4.69, 9.17) is 8.37 Å². The van der Waals surface area contributed by atoms with E-state index in [9.17, 15) is 8.42 Å². The maximum Gasteiger partial charge on any atom is 0.407 e. The molecule has 1 spiro atoms. The first-order valence-electron chi connectivity index (χ1n) is 4.23. The van der Waals surface area contributed by atoms with Gasteiger partial charge < -0.3 is 0 Å². The van der Waals surface area contributed by atoms with Crippen LogP contribution in [-0.2, 0) is 18.8 Å². The standard InChI is InChI=1S/C6H10N2O4S/c9-13(10)11-6(12-13)5-7-1-3-8(6)4-2-7/h1-5H2. The lowest BCUT2D eigenvalue weighted by atomic mass is 10.2. The van der Waals surface area contributed by atoms with Crippen LogP contribution >= 0.6 is 0 Å². The molecule has 13 heavy (non-hydrogen) atoms. The molecule has 4 heterocycles. The van der Waals surface area contributed by atoms with Gasteiger partial charge in [-0.25, -0.2) is 4.90 Å². The third kappa shape index (κ3) is 1.05. The predicted molar refractivity (Wildman–Crippen MR) is 41.8 cm³/mol. The molecule has 7 heteroatoms. The summed E-state index contributed by atoms with van der Waals surface area (Å²) in [6, 6.07) is 0. The van der Waals surface area contributed by atoms with Crippen molar-refractivity contribution in [1.82, 2.24) is 9.80 Å². The van der Waals surface area contributed by atoms with Crippen molar-refractivity contribution in [3.63, 3.8) is 0 Å². The third-order valence-corrected chi connectivity index (χ3v) is 3.67. The van der Waals surface area contributed by atoms with Crippen LogP contribution in [0.1, 0.15) is 0 Å². The molecule has 4 aliphatic heterocycles. The van der Waals surface area contributed by atoms with Crippen LogP contribution in [0.3, 0.4) is 0 Å². The van der Waals surface area contributed by atoms with E-state index in [1.54, 1.807) is 0 Å². The summed E-state index contributed by atoms with van der Waals surface area (Å²) in [6.07, 6.45) is 0. The van der Waals surface area contributed by atoms with Crippen LogP contribution in [0, 0.1) is 0 Å². The number of rotatable bonds is 0. The van der Waals surface area contributed by atoms with Gasteiger partial charge in [0, 0.05) is 26.2 Å². The fourth-order valence-electron chi connectivity index (χ4n) is 2.11. The van der Waals surface area contributed by atoms with E-state index in [0.717, 1.165) is 26.2 Å². The molecule has 0 aromatic heterocycles. The zero-order valence-corrected chi connectivity index (χ0v) is 7.79. The van der Waals surface area contributed by atoms with E-state index in [-0.39, 0.29) is 0 Å². The van der Waals surface area contributed by atoms with Crippen molar-refractivity contribution in [3.8, 4) is 0 Å². The lowest BCUT2D eigenvalue weighted by Gasteiger charge is -2.55. The number of hydrogen-bond acceptors (Lipinski definition) is 6. The monoisotopic (exact) mass is 206 g/mol. The number of piperazine rings is 3. The highest BCUT2D eigenvalue weighted by Gasteiger charge is 2.60. The number of nitrogens with zero attached hydrogens (tertiary/aromatic N) is 2. The normalized spacial score (nSPS) is 44.6. The smallest absolute Gasteiger partial charge is 0.294 e. The maximum absolute atomic E-state index is 10.7. The minimum absolute atomic E-state index is 0.534. The van der Waals surface area contributed by atoms with E-state index < -0.39 is 16.3 Å². The highest BCUT2D eigenvalue weighted by atomic mass is 32.3. The summed E-state index contributed by atoms with van der Waals surface area (Å²) < 4.78 is 31.1. The summed E-state index contributed by atoms with van der Waals surface area (Å²) in [5, 5.41) is 0. The molecule has 4 saturated heterocycles. The predicted octanol–water partition coefficient (Wildman–Crippen LogP) is -1.44. The van der Waals surface area contributed by atoms with Crippen molar-refractivity contribution >= 4 is 10.4 Å². The molecule has 0 aliphatic carbocycles. The molecule has 0 N–H and O–H groups in total. The van der Waals surface area contributed by atoms with Crippen molar-refractivity contribution in [2.75, 3.05) is 32.7 Å². The van der Waals surface area contributed by atoms with Gasteiger partial charge in [0.1, 0.15) is 0 Å². The summed E-state index contributed by atoms with van der Waals surface area (Å²) in [4.78, 5) is 4.09. The summed E-state index contributed by atoms with van der Waals surface area (Å²) in [5.74, 6) is -0.977. The van der Waals surface area contributed by atoms with Gasteiger partial charge in [-0.2, -0.15) is 16.8 Å². The molecule has 4 fully saturated rings. The summed E-state index contributed by atoms with van der Waals surface area (Å²) in [6.45, 7) is 4.10. The van der Waals surface area contributed by atoms with E-state index in [2.05, 4.69) is 4.90 Å². The zero-order chi connectivity index (χ0) is 9.10. The molecule has 0 aromatic carbocycles. The second-order valence-electron chi connectivity index (χ2n) is 3.55. The summed E-state index contributed by atoms with van der Waals surface area (Å²) >= 11 is 0. The van der Waals surface area contributed by atoms with Crippen LogP contribution in [0.15, 0.2) is 0 Å². The Hall–Kier alpha value is -0.210. The first kappa shape index (κ1) is 8.13. The maximum atomic E-state index is 10.7. The van der Waals surface area contributed by atoms with E-state index in [1.165, 1.54) is 0 Å². The zero-order valence-electron chi connectivity index (χ0n) is 6.97. The Morgan fingerprint density at radius 3 is 2.08 bits per heavy atom. The Morgan fingerprint density at radius 2 is 1.69 bits per heavy atom. The highest BCUT2D eigenvalue weighted by Crippen LogP contribution is 2.38. The molecule has 0 unspecified atom stereocenters. The minimum atomic E-state index is -3.68. The van der Waals surface area contributed by atoms with Crippen molar-refractivity contribution in [2.45, 2.75) is 5.91 Å². The van der Waals surface area contributed by atoms with Crippen LogP contribution in [0.4, 0.5) is 0 Å². The first-order valence-corrected chi connectivity index (χ1v) is 5.57. The summed E-state index contributed by atoms with van der Waals surface area (Å²) in [5.41, 5.74) is 0. The van der Waals surface area contributed by atoms with E-state index in [1.807, 2.05) is 4.90 Å². The van der Waals surface area contributed by atoms with Gasteiger partial charge in [0.15, 0.2) is 0 Å². The van der Waals surface area contributed by atoms with Gasteiger partial charge >= 0.3 is 10.4 Å². The fourth-order valence-corrected chi connectivity index (χ4v) is 3.08. The van der Waals surface area contributed by atoms with Crippen molar-refractivity contribution in [2.24, 2.45) is 0 Å². The molecule has 2 bridgehead atoms. The molecular weight excluding hydrogens is 196 g/mol. The molecule has 6 nitrogen and oxygen atoms in total. The Bertz CT molecular complexity index is 321. The second kappa shape index (κ2) is 2.23. The van der Waals surface area contributed by atoms with Gasteiger partial charge in [-0.3, -0.25) is 4.90 Å². The first-order chi connectivity index (χ1) is 6.10. The van der Waals surface area contributed by atoms with Crippen molar-refractivity contribution < 1.29 is 16.8 Å². The van der Waals surface area contributed by atoms with Crippen LogP contribution in [-0.4, -0.2) is 56.9 Å². The number of hydrogen-bond donors (Lipinski definition) is 0. The van der Waals surface area contributed by atoms with Gasteiger partial charge in [0.05, 0.1) is 6.54 Å². The van der Waals surface area contributed by atoms with Crippen LogP contribution in [0.25, 0.3) is 0 Å². The molecule has 4 rings (SSSR count).